The first-order valence-corrected chi connectivity index (χ1v) is 9.35. The van der Waals surface area contributed by atoms with Gasteiger partial charge in [0.25, 0.3) is 11.7 Å². The second-order valence-electron chi connectivity index (χ2n) is 6.58. The van der Waals surface area contributed by atoms with E-state index >= 15 is 0 Å². The Morgan fingerprint density at radius 2 is 1.90 bits per heavy atom. The van der Waals surface area contributed by atoms with E-state index in [0.717, 1.165) is 0 Å². The topological polar surface area (TPSA) is 63.1 Å². The lowest BCUT2D eigenvalue weighted by Crippen LogP contribution is -2.41. The van der Waals surface area contributed by atoms with Crippen molar-refractivity contribution in [3.05, 3.63) is 89.5 Å². The highest BCUT2D eigenvalue weighted by Crippen LogP contribution is 2.31. The van der Waals surface area contributed by atoms with E-state index in [4.69, 9.17) is 11.6 Å². The fourth-order valence-electron chi connectivity index (χ4n) is 3.23. The second kappa shape index (κ2) is 7.79. The van der Waals surface area contributed by atoms with E-state index in [9.17, 15) is 18.0 Å². The minimum Gasteiger partial charge on any atom is -0.328 e. The molecule has 1 unspecified atom stereocenters. The highest BCUT2D eigenvalue weighted by molar-refractivity contribution is 6.30. The Kier molecular flexibility index (Phi) is 5.17. The smallest absolute Gasteiger partial charge is 0.328 e. The van der Waals surface area contributed by atoms with Crippen molar-refractivity contribution in [2.75, 3.05) is 0 Å². The SMILES string of the molecule is O=C(NC(c1cccc[nH+]1)C(F)(F)F)c1[nH]c(-c2cccc(Cl)c2)[n+]2ccccc12. The maximum atomic E-state index is 13.6. The third-order valence-electron chi connectivity index (χ3n) is 4.57. The van der Waals surface area contributed by atoms with Crippen LogP contribution in [0.3, 0.4) is 0 Å². The lowest BCUT2D eigenvalue weighted by molar-refractivity contribution is -0.498. The average Bonchev–Trinajstić information content (AvgIpc) is 3.11. The summed E-state index contributed by atoms with van der Waals surface area (Å²) >= 11 is 6.07. The molecule has 0 bridgehead atoms. The number of hydrogen-bond donors (Lipinski definition) is 2. The molecule has 1 atom stereocenters. The van der Waals surface area contributed by atoms with Gasteiger partial charge >= 0.3 is 6.18 Å². The number of benzene rings is 1. The summed E-state index contributed by atoms with van der Waals surface area (Å²) in [6.07, 6.45) is -1.60. The number of aromatic amines is 2. The molecule has 3 aromatic heterocycles. The van der Waals surface area contributed by atoms with Crippen LogP contribution >= 0.6 is 11.6 Å². The van der Waals surface area contributed by atoms with E-state index in [2.05, 4.69) is 15.3 Å². The zero-order valence-corrected chi connectivity index (χ0v) is 16.1. The minimum atomic E-state index is -4.68. The Morgan fingerprint density at radius 1 is 1.10 bits per heavy atom. The van der Waals surface area contributed by atoms with Gasteiger partial charge in [-0.05, 0) is 30.3 Å². The summed E-state index contributed by atoms with van der Waals surface area (Å²) in [6, 6.07) is 14.2. The molecule has 152 valence electrons. The first-order valence-electron chi connectivity index (χ1n) is 8.97. The van der Waals surface area contributed by atoms with E-state index in [1.165, 1.54) is 18.3 Å². The fraction of sp³-hybridized carbons (Fsp3) is 0.0952. The zero-order chi connectivity index (χ0) is 21.3. The molecule has 3 N–H and O–H groups in total. The number of carbonyl (C=O) groups is 1. The number of imidazole rings is 1. The van der Waals surface area contributed by atoms with Crippen molar-refractivity contribution in [2.45, 2.75) is 12.2 Å². The maximum Gasteiger partial charge on any atom is 0.418 e. The minimum absolute atomic E-state index is 0.00996. The van der Waals surface area contributed by atoms with E-state index in [0.29, 0.717) is 21.9 Å². The lowest BCUT2D eigenvalue weighted by Gasteiger charge is -2.17. The molecular formula is C21H16ClF3N4O+2. The number of fused-ring (bicyclic) bond motifs is 1. The number of H-pyrrole nitrogens is 2. The van der Waals surface area contributed by atoms with Crippen molar-refractivity contribution in [3.63, 3.8) is 0 Å². The van der Waals surface area contributed by atoms with Gasteiger partial charge in [-0.1, -0.05) is 29.8 Å². The first-order chi connectivity index (χ1) is 14.3. The number of nitrogens with zero attached hydrogens (tertiary/aromatic N) is 1. The second-order valence-corrected chi connectivity index (χ2v) is 7.02. The Balaban J connectivity index is 1.77. The molecule has 1 amide bonds. The molecule has 0 spiro atoms. The van der Waals surface area contributed by atoms with Crippen LogP contribution in [-0.2, 0) is 0 Å². The summed E-state index contributed by atoms with van der Waals surface area (Å²) in [7, 11) is 0. The normalized spacial score (nSPS) is 12.7. The van der Waals surface area contributed by atoms with E-state index in [1.807, 2.05) is 0 Å². The highest BCUT2D eigenvalue weighted by Gasteiger charge is 2.46. The van der Waals surface area contributed by atoms with Crippen LogP contribution in [-0.4, -0.2) is 17.1 Å². The average molecular weight is 433 g/mol. The number of carbonyl (C=O) groups excluding carboxylic acids is 1. The molecule has 0 aliphatic rings. The molecule has 0 saturated carbocycles. The molecule has 5 nitrogen and oxygen atoms in total. The Morgan fingerprint density at radius 3 is 2.60 bits per heavy atom. The lowest BCUT2D eigenvalue weighted by atomic mass is 10.1. The molecule has 0 fully saturated rings. The summed E-state index contributed by atoms with van der Waals surface area (Å²) in [5, 5.41) is 2.59. The van der Waals surface area contributed by atoms with Crippen molar-refractivity contribution in [3.8, 4) is 11.4 Å². The Hall–Kier alpha value is -3.39. The van der Waals surface area contributed by atoms with E-state index < -0.39 is 18.1 Å². The predicted octanol–water partition coefficient (Wildman–Crippen LogP) is 3.92. The van der Waals surface area contributed by atoms with Crippen molar-refractivity contribution < 1.29 is 27.4 Å². The number of halogens is 4. The van der Waals surface area contributed by atoms with Gasteiger partial charge in [-0.15, -0.1) is 0 Å². The number of amides is 1. The van der Waals surface area contributed by atoms with Crippen LogP contribution in [0.5, 0.6) is 0 Å². The molecule has 0 saturated heterocycles. The van der Waals surface area contributed by atoms with Gasteiger partial charge in [-0.25, -0.2) is 9.97 Å². The molecule has 9 heteroatoms. The van der Waals surface area contributed by atoms with Crippen molar-refractivity contribution >= 4 is 23.0 Å². The predicted molar refractivity (Wildman–Crippen MR) is 104 cm³/mol. The maximum absolute atomic E-state index is 13.6. The van der Waals surface area contributed by atoms with Gasteiger partial charge in [0.15, 0.2) is 11.7 Å². The standard InChI is InChI=1S/C21H14ClF3N4O/c22-14-7-5-6-13(12-14)19-27-17(16-9-2-4-11-29(16)19)20(30)28-18(21(23,24)25)15-8-1-3-10-26-15/h1-12,18H,(H,28,30)/p+2. The molecule has 0 radical (unpaired) electrons. The molecular weight excluding hydrogens is 417 g/mol. The largest absolute Gasteiger partial charge is 0.418 e. The third-order valence-corrected chi connectivity index (χ3v) is 4.81. The Labute approximate surface area is 174 Å². The highest BCUT2D eigenvalue weighted by atomic mass is 35.5. The molecule has 3 heterocycles. The van der Waals surface area contributed by atoms with E-state index in [-0.39, 0.29) is 11.4 Å². The van der Waals surface area contributed by atoms with Gasteiger partial charge in [-0.3, -0.25) is 4.79 Å². The Bertz CT molecular complexity index is 1210. The molecule has 1 aromatic carbocycles. The summed E-state index contributed by atoms with van der Waals surface area (Å²) < 4.78 is 42.6. The molecule has 4 aromatic rings. The molecule has 30 heavy (non-hydrogen) atoms. The summed E-state index contributed by atoms with van der Waals surface area (Å²) in [4.78, 5) is 18.4. The quantitative estimate of drug-likeness (QED) is 0.472. The fourth-order valence-corrected chi connectivity index (χ4v) is 3.42. The number of aromatic nitrogens is 3. The van der Waals surface area contributed by atoms with Gasteiger partial charge in [0.05, 0.1) is 11.8 Å². The van der Waals surface area contributed by atoms with Crippen molar-refractivity contribution in [1.29, 1.82) is 0 Å². The molecule has 0 aliphatic heterocycles. The van der Waals surface area contributed by atoms with Crippen LogP contribution in [0.15, 0.2) is 73.1 Å². The van der Waals surface area contributed by atoms with Crippen LogP contribution in [0, 0.1) is 0 Å². The summed E-state index contributed by atoms with van der Waals surface area (Å²) in [5.41, 5.74) is 0.960. The summed E-state index contributed by atoms with van der Waals surface area (Å²) in [6.45, 7) is 0. The number of pyridine rings is 2. The molecule has 0 aliphatic carbocycles. The van der Waals surface area contributed by atoms with Crippen molar-refractivity contribution in [2.24, 2.45) is 0 Å². The van der Waals surface area contributed by atoms with Crippen LogP contribution in [0.4, 0.5) is 13.2 Å². The van der Waals surface area contributed by atoms with Gasteiger partial charge < -0.3 is 5.32 Å². The van der Waals surface area contributed by atoms with Gasteiger partial charge in [0.1, 0.15) is 0 Å². The number of rotatable bonds is 4. The number of nitrogens with one attached hydrogen (secondary N) is 3. The van der Waals surface area contributed by atoms with Gasteiger partial charge in [0.2, 0.25) is 17.4 Å². The van der Waals surface area contributed by atoms with Crippen molar-refractivity contribution in [1.82, 2.24) is 10.3 Å². The van der Waals surface area contributed by atoms with Gasteiger partial charge in [-0.2, -0.15) is 17.6 Å². The number of alkyl halides is 3. The summed E-state index contributed by atoms with van der Waals surface area (Å²) in [5.74, 6) is -0.361. The zero-order valence-electron chi connectivity index (χ0n) is 15.4. The van der Waals surface area contributed by atoms with Gasteiger partial charge in [0, 0.05) is 17.2 Å². The first kappa shape index (κ1) is 19.9. The van der Waals surface area contributed by atoms with Crippen LogP contribution < -0.4 is 14.7 Å². The third kappa shape index (κ3) is 3.86. The number of hydrogen-bond acceptors (Lipinski definition) is 1. The van der Waals surface area contributed by atoms with E-state index in [1.54, 1.807) is 59.1 Å². The van der Waals surface area contributed by atoms with Crippen LogP contribution in [0.25, 0.3) is 16.9 Å². The van der Waals surface area contributed by atoms with Crippen LogP contribution in [0.2, 0.25) is 5.02 Å². The molecule has 4 rings (SSSR count). The van der Waals surface area contributed by atoms with Crippen LogP contribution in [0.1, 0.15) is 22.2 Å². The monoisotopic (exact) mass is 432 g/mol.